The summed E-state index contributed by atoms with van der Waals surface area (Å²) < 4.78 is 7.22. The zero-order valence-electron chi connectivity index (χ0n) is 15.5. The Morgan fingerprint density at radius 3 is 2.71 bits per heavy atom. The van der Waals surface area contributed by atoms with Crippen molar-refractivity contribution in [3.63, 3.8) is 0 Å². The first kappa shape index (κ1) is 19.8. The second-order valence-electron chi connectivity index (χ2n) is 6.28. The van der Waals surface area contributed by atoms with Crippen LogP contribution >= 0.6 is 11.6 Å². The van der Waals surface area contributed by atoms with E-state index in [1.54, 1.807) is 35.4 Å². The topological polar surface area (TPSA) is 81.2 Å². The molecule has 0 fully saturated rings. The summed E-state index contributed by atoms with van der Waals surface area (Å²) in [6.45, 7) is 3.10. The van der Waals surface area contributed by atoms with Gasteiger partial charge in [-0.1, -0.05) is 36.7 Å². The summed E-state index contributed by atoms with van der Waals surface area (Å²) in [5, 5.41) is 8.61. The third kappa shape index (κ3) is 4.86. The summed E-state index contributed by atoms with van der Waals surface area (Å²) in [5.41, 5.74) is 0.526. The quantitative estimate of drug-likeness (QED) is 0.579. The third-order valence-corrected chi connectivity index (χ3v) is 4.54. The maximum Gasteiger partial charge on any atom is 0.250 e. The Morgan fingerprint density at radius 2 is 1.96 bits per heavy atom. The van der Waals surface area contributed by atoms with Crippen molar-refractivity contribution in [1.29, 1.82) is 0 Å². The maximum absolute atomic E-state index is 12.7. The molecule has 0 bridgehead atoms. The Morgan fingerprint density at radius 1 is 1.18 bits per heavy atom. The lowest BCUT2D eigenvalue weighted by Crippen LogP contribution is -2.33. The molecule has 0 saturated carbocycles. The third-order valence-electron chi connectivity index (χ3n) is 4.21. The van der Waals surface area contributed by atoms with Gasteiger partial charge in [0.05, 0.1) is 17.1 Å². The lowest BCUT2D eigenvalue weighted by atomic mass is 10.2. The van der Waals surface area contributed by atoms with Gasteiger partial charge in [-0.3, -0.25) is 9.59 Å². The molecule has 146 valence electrons. The van der Waals surface area contributed by atoms with Gasteiger partial charge in [0, 0.05) is 31.8 Å². The Bertz CT molecular complexity index is 999. The molecule has 0 unspecified atom stereocenters. The number of carbonyl (C=O) groups excluding carboxylic acids is 1. The van der Waals surface area contributed by atoms with Crippen LogP contribution in [0.15, 0.2) is 57.9 Å². The average Bonchev–Trinajstić information content (AvgIpc) is 3.15. The lowest BCUT2D eigenvalue weighted by Gasteiger charge is -2.20. The van der Waals surface area contributed by atoms with Crippen LogP contribution in [0.25, 0.3) is 11.5 Å². The van der Waals surface area contributed by atoms with Crippen molar-refractivity contribution in [2.75, 3.05) is 6.54 Å². The van der Waals surface area contributed by atoms with Crippen LogP contribution in [0.1, 0.15) is 25.7 Å². The summed E-state index contributed by atoms with van der Waals surface area (Å²) in [4.78, 5) is 26.1. The fourth-order valence-corrected chi connectivity index (χ4v) is 3.02. The fourth-order valence-electron chi connectivity index (χ4n) is 2.81. The van der Waals surface area contributed by atoms with E-state index in [1.807, 2.05) is 19.1 Å². The second-order valence-corrected chi connectivity index (χ2v) is 6.69. The number of aromatic nitrogens is 3. The van der Waals surface area contributed by atoms with E-state index in [2.05, 4.69) is 10.2 Å². The first-order valence-electron chi connectivity index (χ1n) is 9.09. The van der Waals surface area contributed by atoms with Gasteiger partial charge in [0.1, 0.15) is 0 Å². The van der Waals surface area contributed by atoms with Crippen molar-refractivity contribution >= 4 is 17.5 Å². The molecule has 0 radical (unpaired) electrons. The number of benzene rings is 1. The van der Waals surface area contributed by atoms with Gasteiger partial charge in [0.2, 0.25) is 17.7 Å². The summed E-state index contributed by atoms with van der Waals surface area (Å²) in [7, 11) is 0. The minimum atomic E-state index is -0.126. The van der Waals surface area contributed by atoms with Crippen LogP contribution in [0, 0.1) is 0 Å². The van der Waals surface area contributed by atoms with Crippen LogP contribution in [-0.4, -0.2) is 32.1 Å². The molecule has 1 aromatic carbocycles. The molecule has 0 N–H and O–H groups in total. The predicted octanol–water partition coefficient (Wildman–Crippen LogP) is 3.38. The standard InChI is InChI=1S/C20H21ClN4O3/c1-2-11-25(19(27)10-13-24-12-6-5-9-18(24)26)14-17-22-23-20(28-17)15-7-3-4-8-16(15)21/h3-9,12H,2,10-11,13-14H2,1H3. The van der Waals surface area contributed by atoms with Crippen molar-refractivity contribution in [3.05, 3.63) is 69.9 Å². The van der Waals surface area contributed by atoms with Gasteiger partial charge in [-0.15, -0.1) is 10.2 Å². The maximum atomic E-state index is 12.7. The largest absolute Gasteiger partial charge is 0.419 e. The molecular formula is C20H21ClN4O3. The fraction of sp³-hybridized carbons (Fsp3) is 0.300. The van der Waals surface area contributed by atoms with Crippen LogP contribution in [0.4, 0.5) is 0 Å². The van der Waals surface area contributed by atoms with Crippen molar-refractivity contribution in [2.24, 2.45) is 0 Å². The smallest absolute Gasteiger partial charge is 0.250 e. The van der Waals surface area contributed by atoms with Crippen molar-refractivity contribution in [1.82, 2.24) is 19.7 Å². The molecule has 2 heterocycles. The molecule has 0 aliphatic carbocycles. The van der Waals surface area contributed by atoms with E-state index in [9.17, 15) is 9.59 Å². The highest BCUT2D eigenvalue weighted by molar-refractivity contribution is 6.33. The molecule has 0 atom stereocenters. The van der Waals surface area contributed by atoms with Crippen LogP contribution in [0.2, 0.25) is 5.02 Å². The van der Waals surface area contributed by atoms with Gasteiger partial charge in [0.15, 0.2) is 0 Å². The number of pyridine rings is 1. The Hall–Kier alpha value is -2.93. The molecule has 3 aromatic rings. The molecule has 1 amide bonds. The van der Waals surface area contributed by atoms with Crippen LogP contribution in [-0.2, 0) is 17.9 Å². The van der Waals surface area contributed by atoms with Gasteiger partial charge in [-0.25, -0.2) is 0 Å². The SMILES string of the molecule is CCCN(Cc1nnc(-c2ccccc2Cl)o1)C(=O)CCn1ccccc1=O. The van der Waals surface area contributed by atoms with Crippen molar-refractivity contribution < 1.29 is 9.21 Å². The highest BCUT2D eigenvalue weighted by Crippen LogP contribution is 2.26. The van der Waals surface area contributed by atoms with Crippen LogP contribution in [0.3, 0.4) is 0 Å². The van der Waals surface area contributed by atoms with E-state index in [0.29, 0.717) is 35.5 Å². The normalized spacial score (nSPS) is 10.8. The van der Waals surface area contributed by atoms with E-state index < -0.39 is 0 Å². The Labute approximate surface area is 167 Å². The average molecular weight is 401 g/mol. The van der Waals surface area contributed by atoms with Gasteiger partial charge in [0.25, 0.3) is 5.56 Å². The number of hydrogen-bond donors (Lipinski definition) is 0. The summed E-state index contributed by atoms with van der Waals surface area (Å²) in [6, 6.07) is 12.1. The summed E-state index contributed by atoms with van der Waals surface area (Å²) in [6.07, 6.45) is 2.69. The van der Waals surface area contributed by atoms with E-state index in [-0.39, 0.29) is 24.4 Å². The van der Waals surface area contributed by atoms with Gasteiger partial charge in [-0.05, 0) is 24.6 Å². The van der Waals surface area contributed by atoms with E-state index in [4.69, 9.17) is 16.0 Å². The number of amides is 1. The number of aryl methyl sites for hydroxylation is 1. The highest BCUT2D eigenvalue weighted by Gasteiger charge is 2.18. The molecule has 0 saturated heterocycles. The first-order chi connectivity index (χ1) is 13.6. The summed E-state index contributed by atoms with van der Waals surface area (Å²) in [5.74, 6) is 0.587. The number of halogens is 1. The number of hydrogen-bond acceptors (Lipinski definition) is 5. The molecule has 0 aliphatic rings. The zero-order valence-corrected chi connectivity index (χ0v) is 16.3. The van der Waals surface area contributed by atoms with Crippen LogP contribution in [0.5, 0.6) is 0 Å². The van der Waals surface area contributed by atoms with Crippen LogP contribution < -0.4 is 5.56 Å². The van der Waals surface area contributed by atoms with Gasteiger partial charge < -0.3 is 13.9 Å². The Kier molecular flexibility index (Phi) is 6.60. The predicted molar refractivity (Wildman–Crippen MR) is 106 cm³/mol. The molecule has 0 spiro atoms. The monoisotopic (exact) mass is 400 g/mol. The highest BCUT2D eigenvalue weighted by atomic mass is 35.5. The molecule has 0 aliphatic heterocycles. The van der Waals surface area contributed by atoms with Crippen molar-refractivity contribution in [2.45, 2.75) is 32.9 Å². The summed E-state index contributed by atoms with van der Waals surface area (Å²) >= 11 is 6.17. The number of carbonyl (C=O) groups is 1. The lowest BCUT2D eigenvalue weighted by molar-refractivity contribution is -0.132. The van der Waals surface area contributed by atoms with Gasteiger partial charge in [-0.2, -0.15) is 0 Å². The van der Waals surface area contributed by atoms with E-state index in [0.717, 1.165) is 6.42 Å². The number of nitrogens with zero attached hydrogens (tertiary/aromatic N) is 4. The molecule has 3 rings (SSSR count). The molecule has 28 heavy (non-hydrogen) atoms. The van der Waals surface area contributed by atoms with Gasteiger partial charge >= 0.3 is 0 Å². The van der Waals surface area contributed by atoms with E-state index >= 15 is 0 Å². The second kappa shape index (κ2) is 9.32. The minimum Gasteiger partial charge on any atom is -0.419 e. The molecule has 8 heteroatoms. The molecule has 7 nitrogen and oxygen atoms in total. The van der Waals surface area contributed by atoms with E-state index in [1.165, 1.54) is 10.6 Å². The minimum absolute atomic E-state index is 0.0740. The Balaban J connectivity index is 1.67. The van der Waals surface area contributed by atoms with Crippen molar-refractivity contribution in [3.8, 4) is 11.5 Å². The number of rotatable bonds is 8. The molecule has 2 aromatic heterocycles. The first-order valence-corrected chi connectivity index (χ1v) is 9.46. The zero-order chi connectivity index (χ0) is 19.9. The molecular weight excluding hydrogens is 380 g/mol.